The Morgan fingerprint density at radius 2 is 1.96 bits per heavy atom. The summed E-state index contributed by atoms with van der Waals surface area (Å²) in [6.07, 6.45) is 1.56. The van der Waals surface area contributed by atoms with Gasteiger partial charge in [-0.3, -0.25) is 4.79 Å². The molecule has 0 aliphatic heterocycles. The van der Waals surface area contributed by atoms with Crippen molar-refractivity contribution in [1.29, 1.82) is 0 Å². The Kier molecular flexibility index (Phi) is 5.32. The third-order valence-corrected chi connectivity index (χ3v) is 4.34. The summed E-state index contributed by atoms with van der Waals surface area (Å²) in [7, 11) is 1.72. The third kappa shape index (κ3) is 4.26. The lowest BCUT2D eigenvalue weighted by molar-refractivity contribution is 0.0779. The molecule has 1 amide bonds. The number of aromatic nitrogens is 3. The molecule has 2 aromatic carbocycles. The zero-order chi connectivity index (χ0) is 18.7. The van der Waals surface area contributed by atoms with Crippen LogP contribution in [-0.4, -0.2) is 32.8 Å². The van der Waals surface area contributed by atoms with E-state index < -0.39 is 5.82 Å². The fourth-order valence-electron chi connectivity index (χ4n) is 2.53. The van der Waals surface area contributed by atoms with Crippen molar-refractivity contribution in [2.24, 2.45) is 0 Å². The van der Waals surface area contributed by atoms with Crippen LogP contribution in [0.2, 0.25) is 5.02 Å². The Balaban J connectivity index is 1.68. The lowest BCUT2D eigenvalue weighted by atomic mass is 10.1. The fourth-order valence-corrected chi connectivity index (χ4v) is 2.76. The average molecular weight is 373 g/mol. The van der Waals surface area contributed by atoms with E-state index in [9.17, 15) is 9.18 Å². The first-order chi connectivity index (χ1) is 12.4. The van der Waals surface area contributed by atoms with Gasteiger partial charge in [0.05, 0.1) is 12.7 Å². The van der Waals surface area contributed by atoms with Crippen molar-refractivity contribution >= 4 is 17.5 Å². The molecule has 0 unspecified atom stereocenters. The number of halogens is 2. The maximum absolute atomic E-state index is 13.1. The smallest absolute Gasteiger partial charge is 0.276 e. The molecule has 134 valence electrons. The van der Waals surface area contributed by atoms with Crippen LogP contribution in [0.4, 0.5) is 4.39 Å². The fraction of sp³-hybridized carbons (Fsp3) is 0.211. The van der Waals surface area contributed by atoms with Crippen LogP contribution < -0.4 is 0 Å². The van der Waals surface area contributed by atoms with Gasteiger partial charge in [0.25, 0.3) is 5.91 Å². The Labute approximate surface area is 156 Å². The summed E-state index contributed by atoms with van der Waals surface area (Å²) in [4.78, 5) is 14.1. The summed E-state index contributed by atoms with van der Waals surface area (Å²) in [6.45, 7) is 2.81. The first kappa shape index (κ1) is 18.1. The van der Waals surface area contributed by atoms with Gasteiger partial charge in [0.2, 0.25) is 0 Å². The van der Waals surface area contributed by atoms with Crippen molar-refractivity contribution in [2.45, 2.75) is 20.0 Å². The highest BCUT2D eigenvalue weighted by Gasteiger charge is 2.16. The average Bonchev–Trinajstić information content (AvgIpc) is 3.07. The molecule has 7 heteroatoms. The molecule has 0 spiro atoms. The van der Waals surface area contributed by atoms with Gasteiger partial charge in [-0.1, -0.05) is 52.7 Å². The molecule has 0 bridgehead atoms. The molecular weight excluding hydrogens is 355 g/mol. The molecule has 1 heterocycles. The Morgan fingerprint density at radius 3 is 2.65 bits per heavy atom. The predicted octanol–water partition coefficient (Wildman–Crippen LogP) is 3.70. The molecule has 5 nitrogen and oxygen atoms in total. The molecule has 0 saturated heterocycles. The van der Waals surface area contributed by atoms with E-state index in [4.69, 9.17) is 11.6 Å². The molecule has 0 atom stereocenters. The number of rotatable bonds is 5. The van der Waals surface area contributed by atoms with E-state index >= 15 is 0 Å². The number of aryl methyl sites for hydroxylation is 1. The van der Waals surface area contributed by atoms with Gasteiger partial charge < -0.3 is 4.90 Å². The van der Waals surface area contributed by atoms with Crippen molar-refractivity contribution in [2.75, 3.05) is 7.05 Å². The zero-order valence-electron chi connectivity index (χ0n) is 14.5. The van der Waals surface area contributed by atoms with E-state index in [0.717, 1.165) is 5.56 Å². The highest BCUT2D eigenvalue weighted by Crippen LogP contribution is 2.18. The third-order valence-electron chi connectivity index (χ3n) is 3.99. The van der Waals surface area contributed by atoms with E-state index in [2.05, 4.69) is 10.3 Å². The summed E-state index contributed by atoms with van der Waals surface area (Å²) < 4.78 is 14.6. The van der Waals surface area contributed by atoms with Gasteiger partial charge in [-0.05, 0) is 30.2 Å². The number of hydrogen-bond donors (Lipinski definition) is 0. The first-order valence-corrected chi connectivity index (χ1v) is 8.45. The summed E-state index contributed by atoms with van der Waals surface area (Å²) in [5.74, 6) is -0.618. The quantitative estimate of drug-likeness (QED) is 0.686. The van der Waals surface area contributed by atoms with Crippen molar-refractivity contribution in [3.8, 4) is 0 Å². The minimum atomic E-state index is -0.397. The normalized spacial score (nSPS) is 10.8. The van der Waals surface area contributed by atoms with Crippen LogP contribution in [-0.2, 0) is 13.1 Å². The largest absolute Gasteiger partial charge is 0.336 e. The predicted molar refractivity (Wildman–Crippen MR) is 97.5 cm³/mol. The molecule has 0 fully saturated rings. The van der Waals surface area contributed by atoms with E-state index in [1.807, 2.05) is 31.2 Å². The van der Waals surface area contributed by atoms with Crippen molar-refractivity contribution < 1.29 is 9.18 Å². The summed E-state index contributed by atoms with van der Waals surface area (Å²) in [5.41, 5.74) is 3.16. The van der Waals surface area contributed by atoms with Crippen LogP contribution in [0.3, 0.4) is 0 Å². The summed E-state index contributed by atoms with van der Waals surface area (Å²) >= 11 is 6.02. The van der Waals surface area contributed by atoms with Crippen LogP contribution >= 0.6 is 11.6 Å². The second kappa shape index (κ2) is 7.66. The minimum Gasteiger partial charge on any atom is -0.336 e. The van der Waals surface area contributed by atoms with Gasteiger partial charge in [0.1, 0.15) is 5.82 Å². The number of hydrogen-bond acceptors (Lipinski definition) is 3. The zero-order valence-corrected chi connectivity index (χ0v) is 15.2. The number of carbonyl (C=O) groups is 1. The van der Waals surface area contributed by atoms with Gasteiger partial charge >= 0.3 is 0 Å². The molecule has 1 aromatic heterocycles. The van der Waals surface area contributed by atoms with Crippen LogP contribution in [0.1, 0.15) is 27.2 Å². The molecule has 26 heavy (non-hydrogen) atoms. The van der Waals surface area contributed by atoms with Gasteiger partial charge in [-0.25, -0.2) is 9.07 Å². The lowest BCUT2D eigenvalue weighted by Crippen LogP contribution is -2.26. The van der Waals surface area contributed by atoms with Gasteiger partial charge in [-0.15, -0.1) is 5.10 Å². The maximum atomic E-state index is 13.1. The van der Waals surface area contributed by atoms with E-state index in [1.54, 1.807) is 24.2 Å². The Morgan fingerprint density at radius 1 is 1.23 bits per heavy atom. The van der Waals surface area contributed by atoms with Crippen molar-refractivity contribution in [3.63, 3.8) is 0 Å². The minimum absolute atomic E-state index is 0.220. The van der Waals surface area contributed by atoms with Crippen LogP contribution in [0.5, 0.6) is 0 Å². The number of amides is 1. The molecule has 0 aliphatic carbocycles. The highest BCUT2D eigenvalue weighted by atomic mass is 35.5. The van der Waals surface area contributed by atoms with Crippen molar-refractivity contribution in [3.05, 3.63) is 81.9 Å². The monoisotopic (exact) mass is 372 g/mol. The maximum Gasteiger partial charge on any atom is 0.276 e. The van der Waals surface area contributed by atoms with Crippen LogP contribution in [0.25, 0.3) is 0 Å². The SMILES string of the molecule is Cc1ccc(CN(C)C(=O)c2cn(Cc3ccc(F)cc3Cl)nn2)cc1. The number of benzene rings is 2. The second-order valence-electron chi connectivity index (χ2n) is 6.18. The molecule has 0 radical (unpaired) electrons. The van der Waals surface area contributed by atoms with Crippen LogP contribution in [0.15, 0.2) is 48.7 Å². The molecular formula is C19H18ClFN4O. The van der Waals surface area contributed by atoms with Crippen molar-refractivity contribution in [1.82, 2.24) is 19.9 Å². The lowest BCUT2D eigenvalue weighted by Gasteiger charge is -2.15. The first-order valence-electron chi connectivity index (χ1n) is 8.07. The molecule has 3 rings (SSSR count). The summed E-state index contributed by atoms with van der Waals surface area (Å²) in [6, 6.07) is 12.2. The Hall–Kier alpha value is -2.73. The standard InChI is InChI=1S/C19H18ClFN4O/c1-13-3-5-14(6-4-13)10-24(2)19(26)18-12-25(23-22-18)11-15-7-8-16(21)9-17(15)20/h3-9,12H,10-11H2,1-2H3. The van der Waals surface area contributed by atoms with Gasteiger partial charge in [0, 0.05) is 18.6 Å². The topological polar surface area (TPSA) is 51.0 Å². The molecule has 0 aliphatic rings. The number of carbonyl (C=O) groups excluding carboxylic acids is 1. The Bertz CT molecular complexity index is 924. The van der Waals surface area contributed by atoms with Crippen LogP contribution in [0, 0.1) is 12.7 Å². The van der Waals surface area contributed by atoms with E-state index in [1.165, 1.54) is 22.4 Å². The van der Waals surface area contributed by atoms with Gasteiger partial charge in [0.15, 0.2) is 5.69 Å². The molecule has 0 N–H and O–H groups in total. The van der Waals surface area contributed by atoms with E-state index in [0.29, 0.717) is 23.7 Å². The van der Waals surface area contributed by atoms with E-state index in [-0.39, 0.29) is 11.6 Å². The second-order valence-corrected chi connectivity index (χ2v) is 6.59. The van der Waals surface area contributed by atoms with Gasteiger partial charge in [-0.2, -0.15) is 0 Å². The number of nitrogens with zero attached hydrogens (tertiary/aromatic N) is 4. The molecule has 3 aromatic rings. The summed E-state index contributed by atoms with van der Waals surface area (Å²) in [5, 5.41) is 8.21. The molecule has 0 saturated carbocycles. The highest BCUT2D eigenvalue weighted by molar-refractivity contribution is 6.31.